The van der Waals surface area contributed by atoms with Gasteiger partial charge in [-0.3, -0.25) is 0 Å². The van der Waals surface area contributed by atoms with Crippen LogP contribution in [0.5, 0.6) is 5.75 Å². The monoisotopic (exact) mass is 199 g/mol. The van der Waals surface area contributed by atoms with Crippen LogP contribution in [0.15, 0.2) is 30.5 Å². The Morgan fingerprint density at radius 1 is 1.20 bits per heavy atom. The van der Waals surface area contributed by atoms with Gasteiger partial charge in [0, 0.05) is 25.2 Å². The van der Waals surface area contributed by atoms with E-state index in [1.807, 2.05) is 6.07 Å². The van der Waals surface area contributed by atoms with Gasteiger partial charge < -0.3 is 9.30 Å². The van der Waals surface area contributed by atoms with Crippen LogP contribution in [0.2, 0.25) is 0 Å². The van der Waals surface area contributed by atoms with E-state index in [1.165, 1.54) is 22.4 Å². The third-order valence-corrected chi connectivity index (χ3v) is 3.10. The maximum atomic E-state index is 5.24. The standard InChI is InChI=1S/C13H13NO/c1-14-6-5-9-7-10-8-11(15-2)3-4-12(10)13(9)14/h3-6,8H,7H2,1-2H3. The molecule has 76 valence electrons. The third kappa shape index (κ3) is 1.11. The van der Waals surface area contributed by atoms with E-state index in [1.54, 1.807) is 7.11 Å². The van der Waals surface area contributed by atoms with Crippen molar-refractivity contribution in [2.24, 2.45) is 7.05 Å². The number of aryl methyl sites for hydroxylation is 1. The average molecular weight is 199 g/mol. The quantitative estimate of drug-likeness (QED) is 0.587. The number of fused-ring (bicyclic) bond motifs is 3. The number of aromatic nitrogens is 1. The summed E-state index contributed by atoms with van der Waals surface area (Å²) in [6.07, 6.45) is 3.15. The van der Waals surface area contributed by atoms with Gasteiger partial charge in [-0.1, -0.05) is 0 Å². The van der Waals surface area contributed by atoms with Gasteiger partial charge in [0.15, 0.2) is 0 Å². The lowest BCUT2D eigenvalue weighted by Crippen LogP contribution is -1.90. The van der Waals surface area contributed by atoms with Crippen LogP contribution in [-0.2, 0) is 13.5 Å². The van der Waals surface area contributed by atoms with Crippen LogP contribution >= 0.6 is 0 Å². The molecule has 0 saturated carbocycles. The lowest BCUT2D eigenvalue weighted by molar-refractivity contribution is 0.414. The van der Waals surface area contributed by atoms with Crippen molar-refractivity contribution in [1.82, 2.24) is 4.57 Å². The number of hydrogen-bond donors (Lipinski definition) is 0. The van der Waals surface area contributed by atoms with Gasteiger partial charge in [-0.25, -0.2) is 0 Å². The highest BCUT2D eigenvalue weighted by Gasteiger charge is 2.21. The molecule has 0 atom stereocenters. The molecular weight excluding hydrogens is 186 g/mol. The van der Waals surface area contributed by atoms with Crippen LogP contribution in [-0.4, -0.2) is 11.7 Å². The number of methoxy groups -OCH3 is 1. The summed E-state index contributed by atoms with van der Waals surface area (Å²) in [5.74, 6) is 0.946. The fraction of sp³-hybridized carbons (Fsp3) is 0.231. The van der Waals surface area contributed by atoms with Crippen molar-refractivity contribution >= 4 is 0 Å². The molecule has 0 unspecified atom stereocenters. The third-order valence-electron chi connectivity index (χ3n) is 3.10. The van der Waals surface area contributed by atoms with Crippen molar-refractivity contribution in [3.05, 3.63) is 41.6 Å². The SMILES string of the molecule is COc1ccc2c(c1)Cc1ccn(C)c1-2. The smallest absolute Gasteiger partial charge is 0.119 e. The molecule has 15 heavy (non-hydrogen) atoms. The van der Waals surface area contributed by atoms with Gasteiger partial charge in [-0.15, -0.1) is 0 Å². The fourth-order valence-corrected chi connectivity index (χ4v) is 2.37. The summed E-state index contributed by atoms with van der Waals surface area (Å²) >= 11 is 0. The average Bonchev–Trinajstić information content (AvgIpc) is 2.77. The fourth-order valence-electron chi connectivity index (χ4n) is 2.37. The van der Waals surface area contributed by atoms with Gasteiger partial charge in [-0.2, -0.15) is 0 Å². The number of ether oxygens (including phenoxy) is 1. The molecule has 3 rings (SSSR count). The first-order chi connectivity index (χ1) is 7.29. The zero-order valence-electron chi connectivity index (χ0n) is 8.95. The van der Waals surface area contributed by atoms with Crippen molar-refractivity contribution in [2.45, 2.75) is 6.42 Å². The lowest BCUT2D eigenvalue weighted by atomic mass is 10.1. The topological polar surface area (TPSA) is 14.2 Å². The Labute approximate surface area is 89.1 Å². The van der Waals surface area contributed by atoms with Gasteiger partial charge in [0.1, 0.15) is 5.75 Å². The zero-order valence-corrected chi connectivity index (χ0v) is 8.95. The molecule has 0 radical (unpaired) electrons. The second-order valence-electron chi connectivity index (χ2n) is 4.00. The molecule has 2 nitrogen and oxygen atoms in total. The first-order valence-electron chi connectivity index (χ1n) is 5.11. The van der Waals surface area contributed by atoms with Crippen molar-refractivity contribution < 1.29 is 4.74 Å². The molecule has 1 aromatic carbocycles. The van der Waals surface area contributed by atoms with E-state index < -0.39 is 0 Å². The molecule has 0 bridgehead atoms. The van der Waals surface area contributed by atoms with Gasteiger partial charge in [-0.05, 0) is 35.4 Å². The van der Waals surface area contributed by atoms with E-state index in [2.05, 4.69) is 36.0 Å². The lowest BCUT2D eigenvalue weighted by Gasteiger charge is -2.05. The Bertz CT molecular complexity index is 525. The summed E-state index contributed by atoms with van der Waals surface area (Å²) in [6, 6.07) is 8.51. The van der Waals surface area contributed by atoms with Crippen LogP contribution < -0.4 is 4.74 Å². The minimum absolute atomic E-state index is 0.946. The summed E-state index contributed by atoms with van der Waals surface area (Å²) in [5, 5.41) is 0. The zero-order chi connectivity index (χ0) is 10.4. The number of rotatable bonds is 1. The number of benzene rings is 1. The highest BCUT2D eigenvalue weighted by Crippen LogP contribution is 2.38. The summed E-state index contributed by atoms with van der Waals surface area (Å²) in [7, 11) is 3.81. The molecule has 1 heterocycles. The maximum Gasteiger partial charge on any atom is 0.119 e. The van der Waals surface area contributed by atoms with Crippen LogP contribution in [0.25, 0.3) is 11.3 Å². The van der Waals surface area contributed by atoms with Crippen LogP contribution in [0, 0.1) is 0 Å². The Morgan fingerprint density at radius 3 is 2.87 bits per heavy atom. The molecule has 1 aromatic heterocycles. The van der Waals surface area contributed by atoms with Gasteiger partial charge in [0.25, 0.3) is 0 Å². The molecule has 0 amide bonds. The van der Waals surface area contributed by atoms with E-state index in [-0.39, 0.29) is 0 Å². The van der Waals surface area contributed by atoms with Crippen molar-refractivity contribution in [3.8, 4) is 17.0 Å². The molecule has 0 spiro atoms. The van der Waals surface area contributed by atoms with Crippen molar-refractivity contribution in [1.29, 1.82) is 0 Å². The predicted molar refractivity (Wildman–Crippen MR) is 60.2 cm³/mol. The Morgan fingerprint density at radius 2 is 2.07 bits per heavy atom. The van der Waals surface area contributed by atoms with Crippen molar-refractivity contribution in [2.75, 3.05) is 7.11 Å². The van der Waals surface area contributed by atoms with Crippen LogP contribution in [0.4, 0.5) is 0 Å². The van der Waals surface area contributed by atoms with E-state index in [9.17, 15) is 0 Å². The normalized spacial score (nSPS) is 12.4. The summed E-state index contributed by atoms with van der Waals surface area (Å²) in [4.78, 5) is 0. The Hall–Kier alpha value is -1.70. The van der Waals surface area contributed by atoms with E-state index in [4.69, 9.17) is 4.74 Å². The van der Waals surface area contributed by atoms with Crippen molar-refractivity contribution in [3.63, 3.8) is 0 Å². The van der Waals surface area contributed by atoms with Crippen LogP contribution in [0.1, 0.15) is 11.1 Å². The molecule has 2 heteroatoms. The maximum absolute atomic E-state index is 5.24. The molecule has 1 aliphatic rings. The minimum Gasteiger partial charge on any atom is -0.497 e. The molecule has 0 aliphatic heterocycles. The molecule has 0 saturated heterocycles. The summed E-state index contributed by atoms with van der Waals surface area (Å²) < 4.78 is 7.43. The van der Waals surface area contributed by atoms with Gasteiger partial charge >= 0.3 is 0 Å². The minimum atomic E-state index is 0.946. The van der Waals surface area contributed by atoms with E-state index >= 15 is 0 Å². The Kier molecular flexibility index (Phi) is 1.66. The molecule has 2 aromatic rings. The van der Waals surface area contributed by atoms with Gasteiger partial charge in [0.2, 0.25) is 0 Å². The molecule has 0 fully saturated rings. The second kappa shape index (κ2) is 2.89. The highest BCUT2D eigenvalue weighted by atomic mass is 16.5. The Balaban J connectivity index is 2.20. The molecular formula is C13H13NO. The summed E-state index contributed by atoms with van der Waals surface area (Å²) in [5.41, 5.74) is 5.49. The first-order valence-corrected chi connectivity index (χ1v) is 5.11. The predicted octanol–water partition coefficient (Wildman–Crippen LogP) is 2.60. The number of hydrogen-bond acceptors (Lipinski definition) is 1. The second-order valence-corrected chi connectivity index (χ2v) is 4.00. The highest BCUT2D eigenvalue weighted by molar-refractivity contribution is 5.75. The van der Waals surface area contributed by atoms with E-state index in [0.717, 1.165) is 12.2 Å². The molecule has 0 N–H and O–H groups in total. The number of nitrogens with zero attached hydrogens (tertiary/aromatic N) is 1. The first kappa shape index (κ1) is 8.60. The van der Waals surface area contributed by atoms with Crippen LogP contribution in [0.3, 0.4) is 0 Å². The summed E-state index contributed by atoms with van der Waals surface area (Å²) in [6.45, 7) is 0. The molecule has 1 aliphatic carbocycles. The van der Waals surface area contributed by atoms with Gasteiger partial charge in [0.05, 0.1) is 12.8 Å². The van der Waals surface area contributed by atoms with E-state index in [0.29, 0.717) is 0 Å². The largest absolute Gasteiger partial charge is 0.497 e.